The van der Waals surface area contributed by atoms with Gasteiger partial charge in [0.05, 0.1) is 5.57 Å². The fourth-order valence-electron chi connectivity index (χ4n) is 2.45. The molecule has 3 rings (SSSR count). The van der Waals surface area contributed by atoms with Gasteiger partial charge in [-0.05, 0) is 11.6 Å². The predicted octanol–water partition coefficient (Wildman–Crippen LogP) is 2.23. The first-order chi connectivity index (χ1) is 11.2. The lowest BCUT2D eigenvalue weighted by molar-refractivity contribution is -0.117. The molecule has 5 nitrogen and oxygen atoms in total. The van der Waals surface area contributed by atoms with E-state index in [1.165, 1.54) is 0 Å². The third-order valence-corrected chi connectivity index (χ3v) is 3.56. The zero-order valence-electron chi connectivity index (χ0n) is 12.2. The molecular weight excluding hydrogens is 290 g/mol. The van der Waals surface area contributed by atoms with E-state index >= 15 is 0 Å². The molecule has 0 spiro atoms. The van der Waals surface area contributed by atoms with Gasteiger partial charge in [0.2, 0.25) is 0 Å². The van der Waals surface area contributed by atoms with Crippen molar-refractivity contribution in [3.8, 4) is 6.07 Å². The summed E-state index contributed by atoms with van der Waals surface area (Å²) in [6, 6.07) is 18.2. The first-order valence-electron chi connectivity index (χ1n) is 7.08. The highest BCUT2D eigenvalue weighted by Crippen LogP contribution is 2.33. The van der Waals surface area contributed by atoms with Gasteiger partial charge in [-0.2, -0.15) is 5.26 Å². The van der Waals surface area contributed by atoms with Crippen LogP contribution in [-0.4, -0.2) is 11.8 Å². The molecular formula is C18H13N3O2. The fourth-order valence-corrected chi connectivity index (χ4v) is 2.45. The summed E-state index contributed by atoms with van der Waals surface area (Å²) in [7, 11) is 0. The number of carbonyl (C=O) groups excluding carboxylic acids is 2. The Morgan fingerprint density at radius 2 is 1.78 bits per heavy atom. The first kappa shape index (κ1) is 14.5. The van der Waals surface area contributed by atoms with Gasteiger partial charge >= 0.3 is 0 Å². The van der Waals surface area contributed by atoms with Crippen LogP contribution < -0.4 is 10.6 Å². The Bertz CT molecular complexity index is 848. The highest BCUT2D eigenvalue weighted by molar-refractivity contribution is 6.36. The van der Waals surface area contributed by atoms with Crippen LogP contribution in [-0.2, 0) is 16.1 Å². The van der Waals surface area contributed by atoms with Crippen LogP contribution in [0.2, 0.25) is 0 Å². The van der Waals surface area contributed by atoms with Gasteiger partial charge in [-0.1, -0.05) is 48.5 Å². The van der Waals surface area contributed by atoms with Crippen molar-refractivity contribution >= 4 is 23.1 Å². The Hall–Kier alpha value is -3.39. The molecule has 2 amide bonds. The van der Waals surface area contributed by atoms with Crippen molar-refractivity contribution in [3.63, 3.8) is 0 Å². The van der Waals surface area contributed by atoms with Gasteiger partial charge < -0.3 is 10.6 Å². The number of nitriles is 1. The first-order valence-corrected chi connectivity index (χ1v) is 7.08. The van der Waals surface area contributed by atoms with Crippen LogP contribution in [0.3, 0.4) is 0 Å². The average molecular weight is 303 g/mol. The molecule has 1 heterocycles. The summed E-state index contributed by atoms with van der Waals surface area (Å²) >= 11 is 0. The molecule has 0 aliphatic carbocycles. The van der Waals surface area contributed by atoms with Crippen LogP contribution in [0, 0.1) is 11.3 Å². The molecule has 0 atom stereocenters. The molecule has 1 aliphatic rings. The van der Waals surface area contributed by atoms with Crippen LogP contribution >= 0.6 is 0 Å². The number of benzene rings is 2. The van der Waals surface area contributed by atoms with Crippen LogP contribution in [0.5, 0.6) is 0 Å². The van der Waals surface area contributed by atoms with Crippen LogP contribution in [0.25, 0.3) is 5.57 Å². The van der Waals surface area contributed by atoms with Gasteiger partial charge in [0.15, 0.2) is 0 Å². The van der Waals surface area contributed by atoms with Crippen molar-refractivity contribution < 1.29 is 9.59 Å². The fraction of sp³-hybridized carbons (Fsp3) is 0.0556. The number of rotatable bonds is 3. The van der Waals surface area contributed by atoms with Crippen molar-refractivity contribution in [1.29, 1.82) is 5.26 Å². The number of carbonyl (C=O) groups is 2. The minimum atomic E-state index is -0.557. The van der Waals surface area contributed by atoms with Crippen molar-refractivity contribution in [2.75, 3.05) is 5.32 Å². The van der Waals surface area contributed by atoms with E-state index in [1.54, 1.807) is 24.3 Å². The zero-order valence-corrected chi connectivity index (χ0v) is 12.2. The summed E-state index contributed by atoms with van der Waals surface area (Å²) in [5.74, 6) is -0.990. The molecule has 0 radical (unpaired) electrons. The molecule has 0 saturated carbocycles. The number of anilines is 1. The molecule has 0 fully saturated rings. The molecule has 0 aromatic heterocycles. The minimum absolute atomic E-state index is 0.119. The largest absolute Gasteiger partial charge is 0.347 e. The van der Waals surface area contributed by atoms with Crippen molar-refractivity contribution in [2.24, 2.45) is 0 Å². The zero-order chi connectivity index (χ0) is 16.2. The van der Waals surface area contributed by atoms with Crippen molar-refractivity contribution in [2.45, 2.75) is 6.54 Å². The Morgan fingerprint density at radius 1 is 1.09 bits per heavy atom. The molecule has 0 unspecified atom stereocenters. The van der Waals surface area contributed by atoms with E-state index in [-0.39, 0.29) is 11.1 Å². The van der Waals surface area contributed by atoms with Crippen LogP contribution in [0.15, 0.2) is 60.2 Å². The molecule has 2 aromatic rings. The van der Waals surface area contributed by atoms with Gasteiger partial charge in [-0.25, -0.2) is 0 Å². The maximum absolute atomic E-state index is 12.3. The lowest BCUT2D eigenvalue weighted by Gasteiger charge is -2.06. The number of nitrogens with zero attached hydrogens (tertiary/aromatic N) is 1. The molecule has 23 heavy (non-hydrogen) atoms. The van der Waals surface area contributed by atoms with E-state index in [4.69, 9.17) is 0 Å². The summed E-state index contributed by atoms with van der Waals surface area (Å²) in [5.41, 5.74) is 2.04. The van der Waals surface area contributed by atoms with Crippen molar-refractivity contribution in [3.05, 3.63) is 71.3 Å². The quantitative estimate of drug-likeness (QED) is 0.674. The number of nitrogens with one attached hydrogen (secondary N) is 2. The monoisotopic (exact) mass is 303 g/mol. The van der Waals surface area contributed by atoms with Gasteiger partial charge in [0, 0.05) is 17.8 Å². The molecule has 1 aliphatic heterocycles. The van der Waals surface area contributed by atoms with E-state index in [0.29, 0.717) is 17.8 Å². The van der Waals surface area contributed by atoms with E-state index < -0.39 is 11.8 Å². The van der Waals surface area contributed by atoms with Gasteiger partial charge in [0.1, 0.15) is 11.6 Å². The second kappa shape index (κ2) is 6.16. The van der Waals surface area contributed by atoms with E-state index in [9.17, 15) is 14.9 Å². The van der Waals surface area contributed by atoms with E-state index in [2.05, 4.69) is 10.6 Å². The standard InChI is InChI=1S/C18H13N3O2/c19-10-14(17(22)20-11-12-6-2-1-3-7-12)16-13-8-4-5-9-15(13)21-18(16)23/h1-9H,11H2,(H,20,22)(H,21,23). The summed E-state index contributed by atoms with van der Waals surface area (Å²) in [6.45, 7) is 0.293. The SMILES string of the molecule is N#CC(C(=O)NCc1ccccc1)=C1C(=O)Nc2ccccc21. The third-order valence-electron chi connectivity index (χ3n) is 3.56. The maximum atomic E-state index is 12.3. The maximum Gasteiger partial charge on any atom is 0.263 e. The molecule has 2 N–H and O–H groups in total. The predicted molar refractivity (Wildman–Crippen MR) is 85.9 cm³/mol. The van der Waals surface area contributed by atoms with Crippen molar-refractivity contribution in [1.82, 2.24) is 5.32 Å². The smallest absolute Gasteiger partial charge is 0.263 e. The summed E-state index contributed by atoms with van der Waals surface area (Å²) in [6.07, 6.45) is 0. The summed E-state index contributed by atoms with van der Waals surface area (Å²) < 4.78 is 0. The molecule has 2 aromatic carbocycles. The molecule has 0 bridgehead atoms. The van der Waals surface area contributed by atoms with E-state index in [1.807, 2.05) is 36.4 Å². The normalized spacial score (nSPS) is 14.5. The Balaban J connectivity index is 1.89. The number of fused-ring (bicyclic) bond motifs is 1. The number of amides is 2. The second-order valence-corrected chi connectivity index (χ2v) is 5.03. The number of para-hydroxylation sites is 1. The highest BCUT2D eigenvalue weighted by atomic mass is 16.2. The summed E-state index contributed by atoms with van der Waals surface area (Å²) in [4.78, 5) is 24.4. The molecule has 0 saturated heterocycles. The van der Waals surface area contributed by atoms with Gasteiger partial charge in [0.25, 0.3) is 11.8 Å². The Kier molecular flexibility index (Phi) is 3.89. The number of hydrogen-bond donors (Lipinski definition) is 2. The Labute approximate surface area is 133 Å². The second-order valence-electron chi connectivity index (χ2n) is 5.03. The van der Waals surface area contributed by atoms with Gasteiger partial charge in [-0.3, -0.25) is 9.59 Å². The van der Waals surface area contributed by atoms with Crippen LogP contribution in [0.4, 0.5) is 5.69 Å². The summed E-state index contributed by atoms with van der Waals surface area (Å²) in [5, 5.41) is 14.7. The molecule has 112 valence electrons. The lowest BCUT2D eigenvalue weighted by atomic mass is 10.0. The number of hydrogen-bond acceptors (Lipinski definition) is 3. The Morgan fingerprint density at radius 3 is 2.52 bits per heavy atom. The van der Waals surface area contributed by atoms with Gasteiger partial charge in [-0.15, -0.1) is 0 Å². The van der Waals surface area contributed by atoms with E-state index in [0.717, 1.165) is 5.56 Å². The lowest BCUT2D eigenvalue weighted by Crippen LogP contribution is -2.25. The minimum Gasteiger partial charge on any atom is -0.347 e. The van der Waals surface area contributed by atoms with Crippen LogP contribution in [0.1, 0.15) is 11.1 Å². The molecule has 5 heteroatoms. The average Bonchev–Trinajstić information content (AvgIpc) is 2.91. The third kappa shape index (κ3) is 2.83. The topological polar surface area (TPSA) is 82.0 Å². The highest BCUT2D eigenvalue weighted by Gasteiger charge is 2.29.